The number of nitrogens with zero attached hydrogens (tertiary/aromatic N) is 3. The van der Waals surface area contributed by atoms with Crippen LogP contribution in [-0.2, 0) is 21.5 Å². The zero-order valence-corrected chi connectivity index (χ0v) is 15.8. The fourth-order valence-corrected chi connectivity index (χ4v) is 4.23. The van der Waals surface area contributed by atoms with E-state index in [0.717, 1.165) is 18.4 Å². The van der Waals surface area contributed by atoms with Gasteiger partial charge in [-0.25, -0.2) is 0 Å². The maximum Gasteiger partial charge on any atom is 0.247 e. The number of likely N-dealkylation sites (N-methyl/N-ethyl adjacent to an activating group) is 1. The van der Waals surface area contributed by atoms with E-state index in [0.29, 0.717) is 26.2 Å². The van der Waals surface area contributed by atoms with E-state index in [4.69, 9.17) is 0 Å². The third kappa shape index (κ3) is 2.95. The van der Waals surface area contributed by atoms with Crippen LogP contribution in [0.4, 0.5) is 0 Å². The van der Waals surface area contributed by atoms with Crippen molar-refractivity contribution in [1.82, 2.24) is 14.7 Å². The number of hydrogen-bond donors (Lipinski definition) is 0. The summed E-state index contributed by atoms with van der Waals surface area (Å²) >= 11 is 0. The highest BCUT2D eigenvalue weighted by molar-refractivity contribution is 5.89. The third-order valence-electron chi connectivity index (χ3n) is 5.71. The molecule has 0 bridgehead atoms. The standard InChI is InChI=1S/C20H29N3O2/c1-15(2)18(24)22-11-13-23(14-12-22)19(25)20(21(3)4)10-9-16-7-5-6-8-17(16)20/h5-8,15H,9-14H2,1-4H3/t20-/m0/s1. The van der Waals surface area contributed by atoms with Crippen molar-refractivity contribution in [2.45, 2.75) is 32.2 Å². The average Bonchev–Trinajstić information content (AvgIpc) is 3.01. The zero-order chi connectivity index (χ0) is 18.2. The molecule has 0 N–H and O–H groups in total. The summed E-state index contributed by atoms with van der Waals surface area (Å²) < 4.78 is 0. The number of carbonyl (C=O) groups is 2. The van der Waals surface area contributed by atoms with Crippen LogP contribution in [0.3, 0.4) is 0 Å². The second-order valence-corrected chi connectivity index (χ2v) is 7.68. The van der Waals surface area contributed by atoms with Crippen molar-refractivity contribution in [2.75, 3.05) is 40.3 Å². The van der Waals surface area contributed by atoms with Crippen LogP contribution >= 0.6 is 0 Å². The third-order valence-corrected chi connectivity index (χ3v) is 5.71. The number of aryl methyl sites for hydroxylation is 1. The summed E-state index contributed by atoms with van der Waals surface area (Å²) in [5.74, 6) is 0.372. The number of fused-ring (bicyclic) bond motifs is 1. The van der Waals surface area contributed by atoms with Gasteiger partial charge in [-0.3, -0.25) is 14.5 Å². The molecule has 136 valence electrons. The molecule has 1 aromatic carbocycles. The molecule has 0 unspecified atom stereocenters. The number of piperazine rings is 1. The van der Waals surface area contributed by atoms with Crippen LogP contribution in [0, 0.1) is 5.92 Å². The van der Waals surface area contributed by atoms with Crippen LogP contribution in [0.5, 0.6) is 0 Å². The van der Waals surface area contributed by atoms with E-state index in [1.54, 1.807) is 0 Å². The van der Waals surface area contributed by atoms with E-state index in [-0.39, 0.29) is 17.7 Å². The van der Waals surface area contributed by atoms with Crippen LogP contribution < -0.4 is 0 Å². The second-order valence-electron chi connectivity index (χ2n) is 7.68. The Labute approximate surface area is 150 Å². The van der Waals surface area contributed by atoms with Gasteiger partial charge in [0.05, 0.1) is 0 Å². The molecule has 1 aromatic rings. The van der Waals surface area contributed by atoms with Crippen LogP contribution in [0.15, 0.2) is 24.3 Å². The molecular formula is C20H29N3O2. The predicted octanol–water partition coefficient (Wildman–Crippen LogP) is 1.72. The predicted molar refractivity (Wildman–Crippen MR) is 98.1 cm³/mol. The molecule has 2 aliphatic rings. The first-order valence-corrected chi connectivity index (χ1v) is 9.22. The average molecular weight is 343 g/mol. The second kappa shape index (κ2) is 6.79. The summed E-state index contributed by atoms with van der Waals surface area (Å²) in [5.41, 5.74) is 1.85. The van der Waals surface area contributed by atoms with E-state index >= 15 is 0 Å². The van der Waals surface area contributed by atoms with E-state index in [2.05, 4.69) is 17.0 Å². The largest absolute Gasteiger partial charge is 0.339 e. The molecule has 1 saturated heterocycles. The summed E-state index contributed by atoms with van der Waals surface area (Å²) in [7, 11) is 4.00. The molecule has 2 amide bonds. The van der Waals surface area contributed by atoms with Gasteiger partial charge in [-0.15, -0.1) is 0 Å². The summed E-state index contributed by atoms with van der Waals surface area (Å²) in [6.07, 6.45) is 1.76. The van der Waals surface area contributed by atoms with Gasteiger partial charge in [0.25, 0.3) is 0 Å². The fraction of sp³-hybridized carbons (Fsp3) is 0.600. The lowest BCUT2D eigenvalue weighted by Gasteiger charge is -2.43. The molecule has 1 heterocycles. The number of benzene rings is 1. The molecule has 1 aliphatic heterocycles. The van der Waals surface area contributed by atoms with Gasteiger partial charge in [0.2, 0.25) is 11.8 Å². The summed E-state index contributed by atoms with van der Waals surface area (Å²) in [6, 6.07) is 8.30. The van der Waals surface area contributed by atoms with Gasteiger partial charge >= 0.3 is 0 Å². The smallest absolute Gasteiger partial charge is 0.247 e. The van der Waals surface area contributed by atoms with Gasteiger partial charge in [-0.05, 0) is 38.1 Å². The van der Waals surface area contributed by atoms with Crippen LogP contribution in [0.2, 0.25) is 0 Å². The van der Waals surface area contributed by atoms with E-state index in [1.807, 2.05) is 49.9 Å². The Hall–Kier alpha value is -1.88. The Morgan fingerprint density at radius 1 is 1.04 bits per heavy atom. The zero-order valence-electron chi connectivity index (χ0n) is 15.8. The van der Waals surface area contributed by atoms with Crippen molar-refractivity contribution >= 4 is 11.8 Å². The van der Waals surface area contributed by atoms with Gasteiger partial charge in [0.15, 0.2) is 0 Å². The van der Waals surface area contributed by atoms with Gasteiger partial charge in [-0.2, -0.15) is 0 Å². The number of rotatable bonds is 3. The molecule has 0 spiro atoms. The Bertz CT molecular complexity index is 663. The number of carbonyl (C=O) groups excluding carboxylic acids is 2. The van der Waals surface area contributed by atoms with Gasteiger partial charge < -0.3 is 9.80 Å². The molecule has 5 heteroatoms. The molecule has 1 aliphatic carbocycles. The summed E-state index contributed by atoms with van der Waals surface area (Å²) in [5, 5.41) is 0. The minimum Gasteiger partial charge on any atom is -0.339 e. The minimum absolute atomic E-state index is 0.0112. The number of amides is 2. The van der Waals surface area contributed by atoms with Crippen molar-refractivity contribution in [2.24, 2.45) is 5.92 Å². The minimum atomic E-state index is -0.569. The molecule has 0 saturated carbocycles. The van der Waals surface area contributed by atoms with Crippen molar-refractivity contribution in [3.8, 4) is 0 Å². The molecule has 0 aromatic heterocycles. The van der Waals surface area contributed by atoms with E-state index in [9.17, 15) is 9.59 Å². The number of hydrogen-bond acceptors (Lipinski definition) is 3. The summed E-state index contributed by atoms with van der Waals surface area (Å²) in [4.78, 5) is 31.6. The van der Waals surface area contributed by atoms with E-state index in [1.165, 1.54) is 5.56 Å². The van der Waals surface area contributed by atoms with E-state index < -0.39 is 5.54 Å². The van der Waals surface area contributed by atoms with Gasteiger partial charge in [0.1, 0.15) is 5.54 Å². The van der Waals surface area contributed by atoms with Crippen molar-refractivity contribution < 1.29 is 9.59 Å². The highest BCUT2D eigenvalue weighted by Crippen LogP contribution is 2.42. The summed E-state index contributed by atoms with van der Waals surface area (Å²) in [6.45, 7) is 6.36. The molecule has 5 nitrogen and oxygen atoms in total. The first-order valence-electron chi connectivity index (χ1n) is 9.22. The lowest BCUT2D eigenvalue weighted by atomic mass is 9.88. The first-order chi connectivity index (χ1) is 11.9. The monoisotopic (exact) mass is 343 g/mol. The lowest BCUT2D eigenvalue weighted by Crippen LogP contribution is -2.59. The molecule has 3 rings (SSSR count). The SMILES string of the molecule is CC(C)C(=O)N1CCN(C(=O)[C@]2(N(C)C)CCc3ccccc32)CC1. The maximum atomic E-state index is 13.5. The molecular weight excluding hydrogens is 314 g/mol. The molecule has 1 atom stereocenters. The van der Waals surface area contributed by atoms with Crippen molar-refractivity contribution in [3.05, 3.63) is 35.4 Å². The first kappa shape index (κ1) is 17.9. The van der Waals surface area contributed by atoms with Crippen molar-refractivity contribution in [3.63, 3.8) is 0 Å². The van der Waals surface area contributed by atoms with Gasteiger partial charge in [0, 0.05) is 32.1 Å². The van der Waals surface area contributed by atoms with Crippen LogP contribution in [-0.4, -0.2) is 66.8 Å². The Morgan fingerprint density at radius 3 is 2.24 bits per heavy atom. The molecule has 0 radical (unpaired) electrons. The highest BCUT2D eigenvalue weighted by Gasteiger charge is 2.49. The van der Waals surface area contributed by atoms with Crippen LogP contribution in [0.25, 0.3) is 0 Å². The quantitative estimate of drug-likeness (QED) is 0.839. The Morgan fingerprint density at radius 2 is 1.64 bits per heavy atom. The topological polar surface area (TPSA) is 43.9 Å². The van der Waals surface area contributed by atoms with Gasteiger partial charge in [-0.1, -0.05) is 38.1 Å². The highest BCUT2D eigenvalue weighted by atomic mass is 16.2. The Kier molecular flexibility index (Phi) is 4.87. The maximum absolute atomic E-state index is 13.5. The molecule has 1 fully saturated rings. The normalized spacial score (nSPS) is 23.3. The lowest BCUT2D eigenvalue weighted by molar-refractivity contribution is -0.149. The molecule has 25 heavy (non-hydrogen) atoms. The Balaban J connectivity index is 1.80. The van der Waals surface area contributed by atoms with Crippen LogP contribution in [0.1, 0.15) is 31.4 Å². The fourth-order valence-electron chi connectivity index (χ4n) is 4.23. The van der Waals surface area contributed by atoms with Crippen molar-refractivity contribution in [1.29, 1.82) is 0 Å².